The third-order valence-corrected chi connectivity index (χ3v) is 11.8. The summed E-state index contributed by atoms with van der Waals surface area (Å²) in [4.78, 5) is 9.11. The van der Waals surface area contributed by atoms with Crippen LogP contribution >= 0.6 is 15.9 Å². The second-order valence-corrected chi connectivity index (χ2v) is 15.7. The first-order valence-electron chi connectivity index (χ1n) is 11.3. The first-order valence-corrected chi connectivity index (χ1v) is 15.0. The van der Waals surface area contributed by atoms with E-state index in [1.54, 1.807) is 6.20 Å². The fourth-order valence-corrected chi connectivity index (χ4v) is 4.54. The molecule has 0 radical (unpaired) electrons. The number of hydrogen-bond donors (Lipinski definition) is 2. The molecule has 0 amide bonds. The van der Waals surface area contributed by atoms with E-state index in [9.17, 15) is 5.26 Å². The summed E-state index contributed by atoms with van der Waals surface area (Å²) in [6, 6.07) is 8.35. The van der Waals surface area contributed by atoms with Crippen LogP contribution in [0.15, 0.2) is 28.9 Å². The van der Waals surface area contributed by atoms with Gasteiger partial charge in [-0.2, -0.15) is 10.2 Å². The lowest BCUT2D eigenvalue weighted by atomic mass is 9.96. The molecule has 0 aliphatic carbocycles. The van der Waals surface area contributed by atoms with Gasteiger partial charge in [-0.3, -0.25) is 0 Å². The quantitative estimate of drug-likeness (QED) is 0.413. The minimum atomic E-state index is -1.85. The average molecular weight is 533 g/mol. The van der Waals surface area contributed by atoms with Crippen molar-refractivity contribution >= 4 is 41.7 Å². The number of benzene rings is 1. The zero-order valence-corrected chi connectivity index (χ0v) is 22.9. The highest BCUT2D eigenvalue weighted by Crippen LogP contribution is 2.37. The van der Waals surface area contributed by atoms with Gasteiger partial charge in [0.2, 0.25) is 5.95 Å². The van der Waals surface area contributed by atoms with Gasteiger partial charge in [0, 0.05) is 28.5 Å². The molecule has 3 rings (SSSR count). The molecule has 1 saturated heterocycles. The summed E-state index contributed by atoms with van der Waals surface area (Å²) in [5.41, 5.74) is 2.88. The molecule has 9 heteroatoms. The van der Waals surface area contributed by atoms with Crippen LogP contribution in [-0.4, -0.2) is 37.5 Å². The summed E-state index contributed by atoms with van der Waals surface area (Å²) >= 11 is 3.65. The van der Waals surface area contributed by atoms with Gasteiger partial charge in [0.1, 0.15) is 5.82 Å². The number of halogens is 1. The van der Waals surface area contributed by atoms with Crippen molar-refractivity contribution in [1.29, 1.82) is 5.26 Å². The van der Waals surface area contributed by atoms with E-state index >= 15 is 0 Å². The van der Waals surface area contributed by atoms with Crippen molar-refractivity contribution in [2.45, 2.75) is 64.9 Å². The molecule has 1 aliphatic heterocycles. The molecule has 0 bridgehead atoms. The van der Waals surface area contributed by atoms with E-state index in [1.807, 2.05) is 19.1 Å². The highest BCUT2D eigenvalue weighted by molar-refractivity contribution is 9.10. The number of nitrogens with zero attached hydrogens (tertiary/aromatic N) is 3. The topological polar surface area (TPSA) is 92.1 Å². The Kier molecular flexibility index (Phi) is 8.16. The van der Waals surface area contributed by atoms with Crippen LogP contribution < -0.4 is 10.6 Å². The zero-order chi connectivity index (χ0) is 24.2. The Morgan fingerprint density at radius 1 is 1.33 bits per heavy atom. The predicted molar refractivity (Wildman–Crippen MR) is 138 cm³/mol. The molecule has 0 spiro atoms. The van der Waals surface area contributed by atoms with Crippen LogP contribution in [0.25, 0.3) is 0 Å². The van der Waals surface area contributed by atoms with Crippen LogP contribution in [0.2, 0.25) is 18.1 Å². The van der Waals surface area contributed by atoms with Crippen molar-refractivity contribution in [1.82, 2.24) is 9.97 Å². The van der Waals surface area contributed by atoms with Crippen LogP contribution in [0.5, 0.6) is 0 Å². The Labute approximate surface area is 206 Å². The Balaban J connectivity index is 1.74. The summed E-state index contributed by atoms with van der Waals surface area (Å²) in [5.74, 6) is 1.10. The molecule has 1 aromatic heterocycles. The predicted octanol–water partition coefficient (Wildman–Crippen LogP) is 6.15. The van der Waals surface area contributed by atoms with Gasteiger partial charge in [-0.25, -0.2) is 4.98 Å². The van der Waals surface area contributed by atoms with E-state index in [0.717, 1.165) is 27.7 Å². The van der Waals surface area contributed by atoms with Gasteiger partial charge < -0.3 is 19.8 Å². The molecule has 33 heavy (non-hydrogen) atoms. The van der Waals surface area contributed by atoms with Crippen molar-refractivity contribution in [2.75, 3.05) is 23.8 Å². The second-order valence-electron chi connectivity index (χ2n) is 10.1. The van der Waals surface area contributed by atoms with E-state index in [0.29, 0.717) is 31.6 Å². The molecule has 7 nitrogen and oxygen atoms in total. The van der Waals surface area contributed by atoms with Crippen LogP contribution in [0, 0.1) is 24.2 Å². The van der Waals surface area contributed by atoms with Crippen LogP contribution in [-0.2, 0) is 15.8 Å². The van der Waals surface area contributed by atoms with Crippen molar-refractivity contribution < 1.29 is 9.16 Å². The monoisotopic (exact) mass is 531 g/mol. The number of nitrogens with one attached hydrogen (secondary N) is 2. The summed E-state index contributed by atoms with van der Waals surface area (Å²) < 4.78 is 13.0. The minimum absolute atomic E-state index is 0.0861. The van der Waals surface area contributed by atoms with Gasteiger partial charge in [0.25, 0.3) is 0 Å². The number of rotatable bonds is 7. The molecule has 2 heterocycles. The third-order valence-electron chi connectivity index (χ3n) is 6.51. The average Bonchev–Trinajstić information content (AvgIpc) is 2.76. The fraction of sp³-hybridized carbons (Fsp3) is 0.542. The SMILES string of the molecule is Cc1cnc(Nc2ccc(Br)c(CO[Si](C)(C)C(C)(C)C)c2)nc1N[C@@H]1COCC[C@H]1C#N. The highest BCUT2D eigenvalue weighted by atomic mass is 79.9. The van der Waals surface area contributed by atoms with E-state index in [-0.39, 0.29) is 17.0 Å². The van der Waals surface area contributed by atoms with Crippen molar-refractivity contribution in [3.63, 3.8) is 0 Å². The van der Waals surface area contributed by atoms with Crippen molar-refractivity contribution in [2.24, 2.45) is 5.92 Å². The number of aryl methyl sites for hydroxylation is 1. The minimum Gasteiger partial charge on any atom is -0.413 e. The molecule has 0 saturated carbocycles. The second kappa shape index (κ2) is 10.5. The number of nitriles is 1. The molecule has 2 N–H and O–H groups in total. The Morgan fingerprint density at radius 3 is 2.79 bits per heavy atom. The smallest absolute Gasteiger partial charge is 0.229 e. The van der Waals surface area contributed by atoms with Crippen LogP contribution in [0.1, 0.15) is 38.3 Å². The van der Waals surface area contributed by atoms with E-state index < -0.39 is 8.32 Å². The molecule has 0 unspecified atom stereocenters. The Bertz CT molecular complexity index is 1020. The van der Waals surface area contributed by atoms with Gasteiger partial charge in [-0.1, -0.05) is 36.7 Å². The first-order chi connectivity index (χ1) is 15.5. The summed E-state index contributed by atoms with van der Waals surface area (Å²) in [6.45, 7) is 14.8. The van der Waals surface area contributed by atoms with Crippen molar-refractivity contribution in [3.8, 4) is 6.07 Å². The van der Waals surface area contributed by atoms with Gasteiger partial charge in [0.05, 0.1) is 31.2 Å². The Morgan fingerprint density at radius 2 is 2.09 bits per heavy atom. The van der Waals surface area contributed by atoms with E-state index in [1.165, 1.54) is 0 Å². The number of hydrogen-bond acceptors (Lipinski definition) is 7. The van der Waals surface area contributed by atoms with Gasteiger partial charge in [-0.15, -0.1) is 0 Å². The third kappa shape index (κ3) is 6.54. The molecule has 1 aliphatic rings. The highest BCUT2D eigenvalue weighted by Gasteiger charge is 2.37. The normalized spacial score (nSPS) is 19.1. The van der Waals surface area contributed by atoms with Crippen LogP contribution in [0.4, 0.5) is 17.5 Å². The van der Waals surface area contributed by atoms with Gasteiger partial charge >= 0.3 is 0 Å². The molecular formula is C24H34BrN5O2Si. The lowest BCUT2D eigenvalue weighted by Gasteiger charge is -2.36. The van der Waals surface area contributed by atoms with Gasteiger partial charge in [0.15, 0.2) is 8.32 Å². The first kappa shape index (κ1) is 25.6. The van der Waals surface area contributed by atoms with Crippen molar-refractivity contribution in [3.05, 3.63) is 40.0 Å². The summed E-state index contributed by atoms with van der Waals surface area (Å²) in [5, 5.41) is 16.3. The lowest BCUT2D eigenvalue weighted by Crippen LogP contribution is -2.40. The standard InChI is InChI=1S/C24H34BrN5O2Si/c1-16-13-27-23(30-22(16)29-21-15-31-10-9-17(21)12-26)28-19-7-8-20(25)18(11-19)14-32-33(5,6)24(2,3)4/h7-8,11,13,17,21H,9-10,14-15H2,1-6H3,(H2,27,28,29,30)/t17-,21+/m0/s1. The van der Waals surface area contributed by atoms with Crippen LogP contribution in [0.3, 0.4) is 0 Å². The molecule has 1 fully saturated rings. The summed E-state index contributed by atoms with van der Waals surface area (Å²) in [7, 11) is -1.85. The largest absolute Gasteiger partial charge is 0.413 e. The maximum atomic E-state index is 9.44. The molecule has 178 valence electrons. The molecule has 2 aromatic rings. The maximum Gasteiger partial charge on any atom is 0.229 e. The summed E-state index contributed by atoms with van der Waals surface area (Å²) in [6.07, 6.45) is 2.51. The number of ether oxygens (including phenoxy) is 1. The van der Waals surface area contributed by atoms with E-state index in [2.05, 4.69) is 82.5 Å². The molecule has 1 aromatic carbocycles. The molecule has 2 atom stereocenters. The van der Waals surface area contributed by atoms with E-state index in [4.69, 9.17) is 9.16 Å². The zero-order valence-electron chi connectivity index (χ0n) is 20.3. The lowest BCUT2D eigenvalue weighted by molar-refractivity contribution is 0.0698. The Hall–Kier alpha value is -1.99. The van der Waals surface area contributed by atoms with Gasteiger partial charge in [-0.05, 0) is 55.2 Å². The molecular weight excluding hydrogens is 498 g/mol. The number of anilines is 3. The number of aromatic nitrogens is 2. The fourth-order valence-electron chi connectivity index (χ4n) is 3.23. The maximum absolute atomic E-state index is 9.44.